The number of nitrogens with two attached hydrogens (primary N) is 1. The fourth-order valence-corrected chi connectivity index (χ4v) is 1.99. The number of esters is 2. The number of carbonyl (C=O) groups is 2. The molecule has 104 valence electrons. The molecule has 0 fully saturated rings. The third-order valence-corrected chi connectivity index (χ3v) is 3.03. The first-order valence-corrected chi connectivity index (χ1v) is 6.10. The highest BCUT2D eigenvalue weighted by Gasteiger charge is 2.13. The molecule has 0 aliphatic heterocycles. The van der Waals surface area contributed by atoms with Crippen molar-refractivity contribution in [3.63, 3.8) is 0 Å². The van der Waals surface area contributed by atoms with Crippen LogP contribution in [0.25, 0.3) is 0 Å². The first-order valence-electron chi connectivity index (χ1n) is 5.11. The Bertz CT molecular complexity index is 542. The summed E-state index contributed by atoms with van der Waals surface area (Å²) in [7, 11) is 2.48. The number of thioether (sulfide) groups is 1. The molecule has 8 nitrogen and oxygen atoms in total. The maximum atomic E-state index is 11.3. The molecule has 0 unspecified atom stereocenters. The Morgan fingerprint density at radius 1 is 1.37 bits per heavy atom. The van der Waals surface area contributed by atoms with Gasteiger partial charge >= 0.3 is 11.9 Å². The van der Waals surface area contributed by atoms with E-state index < -0.39 is 17.5 Å². The number of aromatic nitrogens is 2. The SMILES string of the molecule is COC(=O)CSc1nc(=O)cc(N)n1CC(=O)OC. The molecule has 19 heavy (non-hydrogen) atoms. The predicted molar refractivity (Wildman–Crippen MR) is 67.7 cm³/mol. The molecule has 1 aromatic rings. The van der Waals surface area contributed by atoms with Crippen LogP contribution in [0.4, 0.5) is 5.82 Å². The molecule has 0 amide bonds. The summed E-state index contributed by atoms with van der Waals surface area (Å²) in [6.07, 6.45) is 0. The van der Waals surface area contributed by atoms with Gasteiger partial charge in [0.25, 0.3) is 5.56 Å². The third kappa shape index (κ3) is 4.28. The van der Waals surface area contributed by atoms with E-state index >= 15 is 0 Å². The summed E-state index contributed by atoms with van der Waals surface area (Å²) < 4.78 is 10.3. The second-order valence-electron chi connectivity index (χ2n) is 3.33. The summed E-state index contributed by atoms with van der Waals surface area (Å²) >= 11 is 0.950. The van der Waals surface area contributed by atoms with E-state index in [2.05, 4.69) is 14.5 Å². The van der Waals surface area contributed by atoms with Gasteiger partial charge in [-0.05, 0) is 0 Å². The molecule has 0 aromatic carbocycles. The standard InChI is InChI=1S/C10H13N3O5S/c1-17-8(15)4-13-6(11)3-7(14)12-10(13)19-5-9(16)18-2/h3H,4-5,11H2,1-2H3. The summed E-state index contributed by atoms with van der Waals surface area (Å²) in [6.45, 7) is -0.195. The van der Waals surface area contributed by atoms with Gasteiger partial charge in [-0.25, -0.2) is 0 Å². The van der Waals surface area contributed by atoms with Crippen LogP contribution >= 0.6 is 11.8 Å². The Labute approximate surface area is 112 Å². The van der Waals surface area contributed by atoms with Crippen molar-refractivity contribution in [2.45, 2.75) is 11.7 Å². The molecule has 0 radical (unpaired) electrons. The molecule has 2 N–H and O–H groups in total. The van der Waals surface area contributed by atoms with Crippen LogP contribution in [0.5, 0.6) is 0 Å². The molecule has 1 heterocycles. The zero-order valence-corrected chi connectivity index (χ0v) is 11.2. The number of methoxy groups -OCH3 is 2. The van der Waals surface area contributed by atoms with E-state index in [0.717, 1.165) is 17.8 Å². The van der Waals surface area contributed by atoms with Gasteiger partial charge in [0.05, 0.1) is 20.0 Å². The maximum Gasteiger partial charge on any atom is 0.325 e. The number of nitrogens with zero attached hydrogens (tertiary/aromatic N) is 2. The molecular formula is C10H13N3O5S. The number of hydrogen-bond donors (Lipinski definition) is 1. The average molecular weight is 287 g/mol. The van der Waals surface area contributed by atoms with Gasteiger partial charge in [0, 0.05) is 6.07 Å². The van der Waals surface area contributed by atoms with Crippen LogP contribution in [0.2, 0.25) is 0 Å². The number of ether oxygens (including phenoxy) is 2. The van der Waals surface area contributed by atoms with Crippen LogP contribution in [0.15, 0.2) is 16.0 Å². The lowest BCUT2D eigenvalue weighted by Gasteiger charge is -2.12. The second kappa shape index (κ2) is 6.78. The van der Waals surface area contributed by atoms with Crippen molar-refractivity contribution in [3.8, 4) is 0 Å². The number of anilines is 1. The maximum absolute atomic E-state index is 11.3. The smallest absolute Gasteiger partial charge is 0.325 e. The molecule has 0 bridgehead atoms. The van der Waals surface area contributed by atoms with Crippen LogP contribution < -0.4 is 11.3 Å². The van der Waals surface area contributed by atoms with Crippen molar-refractivity contribution in [3.05, 3.63) is 16.4 Å². The first kappa shape index (κ1) is 15.0. The molecule has 0 saturated heterocycles. The van der Waals surface area contributed by atoms with Gasteiger partial charge in [-0.15, -0.1) is 0 Å². The summed E-state index contributed by atoms with van der Waals surface area (Å²) in [5, 5.41) is 0.154. The second-order valence-corrected chi connectivity index (χ2v) is 4.27. The Balaban J connectivity index is 3.02. The molecular weight excluding hydrogens is 274 g/mol. The fourth-order valence-electron chi connectivity index (χ4n) is 1.15. The number of nitrogen functional groups attached to an aromatic ring is 1. The van der Waals surface area contributed by atoms with Gasteiger partial charge in [-0.1, -0.05) is 11.8 Å². The zero-order chi connectivity index (χ0) is 14.4. The summed E-state index contributed by atoms with van der Waals surface area (Å²) in [5.41, 5.74) is 5.10. The van der Waals surface area contributed by atoms with Gasteiger partial charge in [0.15, 0.2) is 5.16 Å². The molecule has 1 rings (SSSR count). The monoisotopic (exact) mass is 287 g/mol. The van der Waals surface area contributed by atoms with E-state index in [1.54, 1.807) is 0 Å². The molecule has 0 atom stereocenters. The van der Waals surface area contributed by atoms with Gasteiger partial charge in [-0.3, -0.25) is 19.0 Å². The van der Waals surface area contributed by atoms with Gasteiger partial charge < -0.3 is 15.2 Å². The highest BCUT2D eigenvalue weighted by atomic mass is 32.2. The Hall–Kier alpha value is -2.03. The van der Waals surface area contributed by atoms with Crippen molar-refractivity contribution in [2.75, 3.05) is 25.7 Å². The fraction of sp³-hybridized carbons (Fsp3) is 0.400. The van der Waals surface area contributed by atoms with Crippen molar-refractivity contribution < 1.29 is 19.1 Å². The molecule has 9 heteroatoms. The van der Waals surface area contributed by atoms with Gasteiger partial charge in [-0.2, -0.15) is 4.98 Å². The predicted octanol–water partition coefficient (Wildman–Crippen LogP) is -0.736. The molecule has 1 aromatic heterocycles. The minimum Gasteiger partial charge on any atom is -0.468 e. The lowest BCUT2D eigenvalue weighted by Crippen LogP contribution is -2.22. The first-order chi connectivity index (χ1) is 8.97. The Morgan fingerprint density at radius 3 is 2.58 bits per heavy atom. The summed E-state index contributed by atoms with van der Waals surface area (Å²) in [4.78, 5) is 37.3. The average Bonchev–Trinajstić information content (AvgIpc) is 2.38. The lowest BCUT2D eigenvalue weighted by atomic mass is 10.5. The summed E-state index contributed by atoms with van der Waals surface area (Å²) in [6, 6.07) is 1.09. The van der Waals surface area contributed by atoms with E-state index in [1.165, 1.54) is 18.8 Å². The van der Waals surface area contributed by atoms with Gasteiger partial charge in [0.2, 0.25) is 0 Å². The van der Waals surface area contributed by atoms with Crippen LogP contribution in [-0.2, 0) is 25.6 Å². The topological polar surface area (TPSA) is 114 Å². The third-order valence-electron chi connectivity index (χ3n) is 2.08. The summed E-state index contributed by atoms with van der Waals surface area (Å²) in [5.74, 6) is -1.01. The zero-order valence-electron chi connectivity index (χ0n) is 10.4. The lowest BCUT2D eigenvalue weighted by molar-refractivity contribution is -0.141. The number of carbonyl (C=O) groups excluding carboxylic acids is 2. The van der Waals surface area contributed by atoms with E-state index in [4.69, 9.17) is 5.73 Å². The molecule has 0 aliphatic rings. The van der Waals surface area contributed by atoms with Crippen molar-refractivity contribution in [1.82, 2.24) is 9.55 Å². The van der Waals surface area contributed by atoms with Crippen LogP contribution in [0.3, 0.4) is 0 Å². The highest BCUT2D eigenvalue weighted by molar-refractivity contribution is 7.99. The highest BCUT2D eigenvalue weighted by Crippen LogP contribution is 2.17. The van der Waals surface area contributed by atoms with E-state index in [1.807, 2.05) is 0 Å². The van der Waals surface area contributed by atoms with Crippen LogP contribution in [-0.4, -0.2) is 41.5 Å². The minimum atomic E-state index is -0.550. The molecule has 0 saturated carbocycles. The molecule has 0 aliphatic carbocycles. The number of rotatable bonds is 5. The molecule has 0 spiro atoms. The van der Waals surface area contributed by atoms with Crippen LogP contribution in [0, 0.1) is 0 Å². The van der Waals surface area contributed by atoms with Crippen molar-refractivity contribution >= 4 is 29.5 Å². The largest absolute Gasteiger partial charge is 0.468 e. The Morgan fingerprint density at radius 2 is 2.00 bits per heavy atom. The van der Waals surface area contributed by atoms with E-state index in [9.17, 15) is 14.4 Å². The van der Waals surface area contributed by atoms with E-state index in [0.29, 0.717) is 0 Å². The van der Waals surface area contributed by atoms with Crippen molar-refractivity contribution in [2.24, 2.45) is 0 Å². The number of hydrogen-bond acceptors (Lipinski definition) is 8. The van der Waals surface area contributed by atoms with Crippen molar-refractivity contribution in [1.29, 1.82) is 0 Å². The van der Waals surface area contributed by atoms with Crippen LogP contribution in [0.1, 0.15) is 0 Å². The normalized spacial score (nSPS) is 10.0. The van der Waals surface area contributed by atoms with E-state index in [-0.39, 0.29) is 23.3 Å². The Kier molecular flexibility index (Phi) is 5.37. The minimum absolute atomic E-state index is 0.0480. The van der Waals surface area contributed by atoms with Gasteiger partial charge in [0.1, 0.15) is 12.4 Å². The quantitative estimate of drug-likeness (QED) is 0.428.